The Kier molecular flexibility index (Phi) is 3.83. The molecule has 2 aromatic heterocycles. The smallest absolute Gasteiger partial charge is 0.185 e. The summed E-state index contributed by atoms with van der Waals surface area (Å²) in [4.78, 5) is 20.9. The van der Waals surface area contributed by atoms with Crippen molar-refractivity contribution in [3.63, 3.8) is 0 Å². The number of fused-ring (bicyclic) bond motifs is 1. The van der Waals surface area contributed by atoms with Gasteiger partial charge < -0.3 is 4.74 Å². The van der Waals surface area contributed by atoms with E-state index in [1.165, 1.54) is 0 Å². The Balaban J connectivity index is 1.92. The Morgan fingerprint density at radius 2 is 2.05 bits per heavy atom. The average molecular weight is 292 g/mol. The first kappa shape index (κ1) is 14.2. The molecule has 0 atom stereocenters. The van der Waals surface area contributed by atoms with Gasteiger partial charge in [-0.25, -0.2) is 0 Å². The molecule has 0 unspecified atom stereocenters. The molecule has 0 saturated heterocycles. The number of hydrogen-bond acceptors (Lipinski definition) is 4. The molecule has 4 heteroatoms. The summed E-state index contributed by atoms with van der Waals surface area (Å²) in [6, 6.07) is 13.1. The summed E-state index contributed by atoms with van der Waals surface area (Å²) in [7, 11) is 1.63. The first-order valence-electron chi connectivity index (χ1n) is 7.06. The number of aryl methyl sites for hydroxylation is 1. The molecule has 0 radical (unpaired) electrons. The van der Waals surface area contributed by atoms with E-state index in [0.29, 0.717) is 12.1 Å². The Morgan fingerprint density at radius 3 is 2.82 bits per heavy atom. The number of nitrogens with zero attached hydrogens (tertiary/aromatic N) is 2. The fourth-order valence-corrected chi connectivity index (χ4v) is 2.43. The number of carbonyl (C=O) groups excluding carboxylic acids is 1. The molecule has 0 bridgehead atoms. The van der Waals surface area contributed by atoms with Gasteiger partial charge in [-0.05, 0) is 42.8 Å². The van der Waals surface area contributed by atoms with Crippen molar-refractivity contribution in [2.75, 3.05) is 7.11 Å². The van der Waals surface area contributed by atoms with Gasteiger partial charge in [0.2, 0.25) is 0 Å². The van der Waals surface area contributed by atoms with Crippen LogP contribution in [0.15, 0.2) is 48.7 Å². The van der Waals surface area contributed by atoms with Gasteiger partial charge in [-0.15, -0.1) is 0 Å². The van der Waals surface area contributed by atoms with Crippen LogP contribution in [0.3, 0.4) is 0 Å². The van der Waals surface area contributed by atoms with E-state index in [9.17, 15) is 4.79 Å². The molecule has 0 aliphatic rings. The molecule has 4 nitrogen and oxygen atoms in total. The molecule has 2 heterocycles. The number of aromatic nitrogens is 2. The minimum absolute atomic E-state index is 0.00547. The second-order valence-corrected chi connectivity index (χ2v) is 5.13. The number of Topliss-reactive ketones (excluding diaryl/α,β-unsaturated/α-hetero) is 1. The Morgan fingerprint density at radius 1 is 1.18 bits per heavy atom. The first-order valence-corrected chi connectivity index (χ1v) is 7.06. The zero-order chi connectivity index (χ0) is 15.5. The van der Waals surface area contributed by atoms with E-state index in [1.807, 2.05) is 43.3 Å². The lowest BCUT2D eigenvalue weighted by Gasteiger charge is -2.07. The molecule has 0 saturated carbocycles. The van der Waals surface area contributed by atoms with Crippen LogP contribution in [0.4, 0.5) is 0 Å². The quantitative estimate of drug-likeness (QED) is 0.692. The van der Waals surface area contributed by atoms with Crippen molar-refractivity contribution < 1.29 is 9.53 Å². The predicted octanol–water partition coefficient (Wildman–Crippen LogP) is 3.37. The normalized spacial score (nSPS) is 10.6. The van der Waals surface area contributed by atoms with Gasteiger partial charge in [0.1, 0.15) is 11.4 Å². The molecule has 0 aliphatic heterocycles. The Labute approximate surface area is 128 Å². The van der Waals surface area contributed by atoms with Crippen molar-refractivity contribution in [2.45, 2.75) is 13.3 Å². The zero-order valence-corrected chi connectivity index (χ0v) is 12.5. The van der Waals surface area contributed by atoms with Crippen molar-refractivity contribution in [3.8, 4) is 5.75 Å². The maximum atomic E-state index is 12.3. The lowest BCUT2D eigenvalue weighted by molar-refractivity contribution is 0.0988. The standard InChI is InChI=1S/C18H16N2O2/c1-12-4-3-5-16(20-12)17(21)11-13-6-7-15-14(10-13)18(22-2)8-9-19-15/h3-10H,11H2,1-2H3. The molecule has 0 fully saturated rings. The molecule has 3 aromatic rings. The number of carbonyl (C=O) groups is 1. The van der Waals surface area contributed by atoms with Crippen LogP contribution in [0.2, 0.25) is 0 Å². The van der Waals surface area contributed by atoms with Crippen molar-refractivity contribution >= 4 is 16.7 Å². The van der Waals surface area contributed by atoms with Gasteiger partial charge in [0, 0.05) is 23.7 Å². The molecule has 3 rings (SSSR count). The number of rotatable bonds is 4. The number of ketones is 1. The van der Waals surface area contributed by atoms with E-state index in [2.05, 4.69) is 9.97 Å². The molecule has 0 N–H and O–H groups in total. The van der Waals surface area contributed by atoms with Crippen molar-refractivity contribution in [2.24, 2.45) is 0 Å². The molecule has 1 aromatic carbocycles. The van der Waals surface area contributed by atoms with Crippen molar-refractivity contribution in [3.05, 3.63) is 65.6 Å². The lowest BCUT2D eigenvalue weighted by atomic mass is 10.0. The number of hydrogen-bond donors (Lipinski definition) is 0. The topological polar surface area (TPSA) is 52.1 Å². The van der Waals surface area contributed by atoms with Gasteiger partial charge in [0.25, 0.3) is 0 Å². The minimum Gasteiger partial charge on any atom is -0.496 e. The lowest BCUT2D eigenvalue weighted by Crippen LogP contribution is -2.06. The monoisotopic (exact) mass is 292 g/mol. The van der Waals surface area contributed by atoms with Gasteiger partial charge in [-0.2, -0.15) is 0 Å². The van der Waals surface area contributed by atoms with Gasteiger partial charge in [0.05, 0.1) is 12.6 Å². The van der Waals surface area contributed by atoms with Crippen LogP contribution in [0, 0.1) is 6.92 Å². The largest absolute Gasteiger partial charge is 0.496 e. The average Bonchev–Trinajstić information content (AvgIpc) is 2.54. The first-order chi connectivity index (χ1) is 10.7. The van der Waals surface area contributed by atoms with E-state index in [4.69, 9.17) is 4.74 Å². The summed E-state index contributed by atoms with van der Waals surface area (Å²) in [5.41, 5.74) is 3.12. The third kappa shape index (κ3) is 2.81. The second kappa shape index (κ2) is 5.93. The third-order valence-electron chi connectivity index (χ3n) is 3.52. The molecule has 110 valence electrons. The van der Waals surface area contributed by atoms with E-state index >= 15 is 0 Å². The van der Waals surface area contributed by atoms with E-state index in [0.717, 1.165) is 27.9 Å². The Hall–Kier alpha value is -2.75. The maximum absolute atomic E-state index is 12.3. The molecule has 0 spiro atoms. The third-order valence-corrected chi connectivity index (χ3v) is 3.52. The molecule has 0 aliphatic carbocycles. The van der Waals surface area contributed by atoms with Crippen molar-refractivity contribution in [1.82, 2.24) is 9.97 Å². The fraction of sp³-hybridized carbons (Fsp3) is 0.167. The molecule has 0 amide bonds. The van der Waals surface area contributed by atoms with E-state index in [-0.39, 0.29) is 5.78 Å². The highest BCUT2D eigenvalue weighted by Gasteiger charge is 2.10. The van der Waals surface area contributed by atoms with Crippen LogP contribution < -0.4 is 4.74 Å². The summed E-state index contributed by atoms with van der Waals surface area (Å²) in [6.07, 6.45) is 2.02. The van der Waals surface area contributed by atoms with Crippen LogP contribution in [0.1, 0.15) is 21.7 Å². The zero-order valence-electron chi connectivity index (χ0n) is 12.5. The van der Waals surface area contributed by atoms with E-state index < -0.39 is 0 Å². The number of benzene rings is 1. The van der Waals surface area contributed by atoms with Crippen molar-refractivity contribution in [1.29, 1.82) is 0 Å². The summed E-state index contributed by atoms with van der Waals surface area (Å²) >= 11 is 0. The summed E-state index contributed by atoms with van der Waals surface area (Å²) in [5.74, 6) is 0.763. The minimum atomic E-state index is 0.00547. The highest BCUT2D eigenvalue weighted by atomic mass is 16.5. The highest BCUT2D eigenvalue weighted by molar-refractivity contribution is 5.96. The van der Waals surface area contributed by atoms with Crippen LogP contribution >= 0.6 is 0 Å². The van der Waals surface area contributed by atoms with Crippen LogP contribution in [0.25, 0.3) is 10.9 Å². The van der Waals surface area contributed by atoms with Gasteiger partial charge >= 0.3 is 0 Å². The van der Waals surface area contributed by atoms with Crippen LogP contribution in [-0.4, -0.2) is 22.9 Å². The fourth-order valence-electron chi connectivity index (χ4n) is 2.43. The van der Waals surface area contributed by atoms with Crippen LogP contribution in [-0.2, 0) is 6.42 Å². The van der Waals surface area contributed by atoms with Gasteiger partial charge in [0.15, 0.2) is 5.78 Å². The summed E-state index contributed by atoms with van der Waals surface area (Å²) in [6.45, 7) is 1.88. The summed E-state index contributed by atoms with van der Waals surface area (Å²) < 4.78 is 5.35. The predicted molar refractivity (Wildman–Crippen MR) is 85.3 cm³/mol. The number of pyridine rings is 2. The molecular formula is C18H16N2O2. The molecule has 22 heavy (non-hydrogen) atoms. The Bertz CT molecular complexity index is 843. The molecular weight excluding hydrogens is 276 g/mol. The van der Waals surface area contributed by atoms with Gasteiger partial charge in [-0.3, -0.25) is 14.8 Å². The second-order valence-electron chi connectivity index (χ2n) is 5.13. The summed E-state index contributed by atoms with van der Waals surface area (Å²) in [5, 5.41) is 0.910. The number of ether oxygens (including phenoxy) is 1. The maximum Gasteiger partial charge on any atom is 0.185 e. The van der Waals surface area contributed by atoms with Gasteiger partial charge in [-0.1, -0.05) is 12.1 Å². The number of methoxy groups -OCH3 is 1. The van der Waals surface area contributed by atoms with Crippen LogP contribution in [0.5, 0.6) is 5.75 Å². The SMILES string of the molecule is COc1ccnc2ccc(CC(=O)c3cccc(C)n3)cc12. The van der Waals surface area contributed by atoms with E-state index in [1.54, 1.807) is 19.4 Å². The highest BCUT2D eigenvalue weighted by Crippen LogP contribution is 2.25.